The van der Waals surface area contributed by atoms with Crippen molar-refractivity contribution in [1.29, 1.82) is 0 Å². The number of rotatable bonds is 4. The van der Waals surface area contributed by atoms with Crippen LogP contribution in [0.3, 0.4) is 0 Å². The van der Waals surface area contributed by atoms with Crippen molar-refractivity contribution in [1.82, 2.24) is 30.2 Å². The number of carbonyl (C=O) groups is 2. The van der Waals surface area contributed by atoms with Crippen LogP contribution >= 0.6 is 24.0 Å². The van der Waals surface area contributed by atoms with Gasteiger partial charge in [0.2, 0.25) is 5.91 Å². The van der Waals surface area contributed by atoms with Crippen LogP contribution in [0.2, 0.25) is 0 Å². The summed E-state index contributed by atoms with van der Waals surface area (Å²) in [5, 5.41) is 10.4. The Hall–Kier alpha value is -2.67. The Kier molecular flexibility index (Phi) is 8.67. The molecule has 2 aromatic rings. The molecule has 10 nitrogen and oxygen atoms in total. The summed E-state index contributed by atoms with van der Waals surface area (Å²) in [5.41, 5.74) is 2.68. The first-order valence-corrected chi connectivity index (χ1v) is 10.7. The Bertz CT molecular complexity index is 992. The van der Waals surface area contributed by atoms with Gasteiger partial charge in [0.1, 0.15) is 6.10 Å². The summed E-state index contributed by atoms with van der Waals surface area (Å²) in [6.07, 6.45) is 3.77. The number of halogens is 1. The third-order valence-corrected chi connectivity index (χ3v) is 5.65. The van der Waals surface area contributed by atoms with Gasteiger partial charge in [-0.1, -0.05) is 12.1 Å². The fourth-order valence-electron chi connectivity index (χ4n) is 3.92. The molecule has 2 aliphatic heterocycles. The van der Waals surface area contributed by atoms with Crippen molar-refractivity contribution in [3.63, 3.8) is 0 Å². The average molecular weight is 567 g/mol. The van der Waals surface area contributed by atoms with Crippen LogP contribution in [0.15, 0.2) is 41.7 Å². The summed E-state index contributed by atoms with van der Waals surface area (Å²) in [4.78, 5) is 32.3. The Morgan fingerprint density at radius 3 is 2.73 bits per heavy atom. The molecule has 1 aromatic heterocycles. The lowest BCUT2D eigenvalue weighted by Crippen LogP contribution is -2.49. The number of amides is 2. The minimum Gasteiger partial charge on any atom is -0.370 e. The summed E-state index contributed by atoms with van der Waals surface area (Å²) in [6.45, 7) is 3.79. The van der Waals surface area contributed by atoms with Crippen molar-refractivity contribution in [2.75, 3.05) is 46.4 Å². The predicted molar refractivity (Wildman–Crippen MR) is 134 cm³/mol. The second-order valence-corrected chi connectivity index (χ2v) is 7.93. The van der Waals surface area contributed by atoms with Crippen LogP contribution in [0.5, 0.6) is 0 Å². The second kappa shape index (κ2) is 11.5. The number of guanidine groups is 1. The molecule has 33 heavy (non-hydrogen) atoms. The van der Waals surface area contributed by atoms with E-state index in [1.54, 1.807) is 16.6 Å². The monoisotopic (exact) mass is 567 g/mol. The molecule has 2 aliphatic rings. The van der Waals surface area contributed by atoms with E-state index >= 15 is 0 Å². The van der Waals surface area contributed by atoms with Crippen molar-refractivity contribution in [2.45, 2.75) is 12.6 Å². The summed E-state index contributed by atoms with van der Waals surface area (Å²) in [7, 11) is 3.67. The highest BCUT2D eigenvalue weighted by atomic mass is 127. The minimum absolute atomic E-state index is 0. The number of morpholine rings is 1. The van der Waals surface area contributed by atoms with E-state index in [0.29, 0.717) is 38.3 Å². The number of carbonyl (C=O) groups excluding carboxylic acids is 2. The van der Waals surface area contributed by atoms with Gasteiger partial charge in [0.25, 0.3) is 5.91 Å². The first-order chi connectivity index (χ1) is 15.5. The molecule has 0 bridgehead atoms. The first kappa shape index (κ1) is 25.0. The number of ether oxygens (including phenoxy) is 1. The molecule has 0 spiro atoms. The van der Waals surface area contributed by atoms with E-state index in [1.807, 2.05) is 43.7 Å². The molecule has 1 aromatic carbocycles. The normalized spacial score (nSPS) is 19.0. The standard InChI is InChI=1S/C22H29N7O3.HI/c1-23-22(29-9-10-32-19(14-29)18-12-26-27(2)13-18)25-11-16-3-5-17(6-4-16)21(31)28-8-7-24-20(30)15-28;/h3-6,12-13,19H,7-11,14-15H2,1-2H3,(H,23,25)(H,24,30);1H. The molecule has 3 heterocycles. The topological polar surface area (TPSA) is 104 Å². The maximum atomic E-state index is 12.6. The van der Waals surface area contributed by atoms with Crippen LogP contribution in [0, 0.1) is 0 Å². The van der Waals surface area contributed by atoms with Crippen LogP contribution in [0.1, 0.15) is 27.6 Å². The number of benzene rings is 1. The molecule has 2 fully saturated rings. The molecule has 1 atom stereocenters. The molecule has 2 amide bonds. The third-order valence-electron chi connectivity index (χ3n) is 5.65. The molecule has 2 N–H and O–H groups in total. The van der Waals surface area contributed by atoms with Crippen LogP contribution in [-0.2, 0) is 23.1 Å². The van der Waals surface area contributed by atoms with Crippen LogP contribution < -0.4 is 10.6 Å². The molecular formula is C22H30IN7O3. The fraction of sp³-hybridized carbons (Fsp3) is 0.455. The van der Waals surface area contributed by atoms with E-state index in [1.165, 1.54) is 0 Å². The number of aliphatic imine (C=N–C) groups is 1. The number of nitrogens with zero attached hydrogens (tertiary/aromatic N) is 5. The van der Waals surface area contributed by atoms with Crippen molar-refractivity contribution in [3.8, 4) is 0 Å². The van der Waals surface area contributed by atoms with Crippen molar-refractivity contribution < 1.29 is 14.3 Å². The fourth-order valence-corrected chi connectivity index (χ4v) is 3.92. The Morgan fingerprint density at radius 2 is 2.06 bits per heavy atom. The van der Waals surface area contributed by atoms with Gasteiger partial charge < -0.3 is 25.2 Å². The van der Waals surface area contributed by atoms with E-state index in [9.17, 15) is 9.59 Å². The molecule has 4 rings (SSSR count). The quantitative estimate of drug-likeness (QED) is 0.322. The zero-order valence-corrected chi connectivity index (χ0v) is 21.2. The summed E-state index contributed by atoms with van der Waals surface area (Å²) < 4.78 is 7.70. The maximum Gasteiger partial charge on any atom is 0.254 e. The predicted octanol–water partition coefficient (Wildman–Crippen LogP) is 0.759. The Balaban J connectivity index is 0.00000306. The summed E-state index contributed by atoms with van der Waals surface area (Å²) in [6, 6.07) is 7.47. The summed E-state index contributed by atoms with van der Waals surface area (Å²) in [5.74, 6) is 0.567. The van der Waals surface area contributed by atoms with Gasteiger partial charge in [-0.15, -0.1) is 24.0 Å². The van der Waals surface area contributed by atoms with Crippen molar-refractivity contribution in [3.05, 3.63) is 53.3 Å². The zero-order chi connectivity index (χ0) is 22.5. The van der Waals surface area contributed by atoms with Gasteiger partial charge >= 0.3 is 0 Å². The Labute approximate surface area is 210 Å². The van der Waals surface area contributed by atoms with Gasteiger partial charge in [0, 0.05) is 57.6 Å². The number of nitrogens with one attached hydrogen (secondary N) is 2. The number of piperazine rings is 1. The minimum atomic E-state index is -0.120. The van der Waals surface area contributed by atoms with E-state index < -0.39 is 0 Å². The average Bonchev–Trinajstić information content (AvgIpc) is 3.26. The smallest absolute Gasteiger partial charge is 0.254 e. The highest BCUT2D eigenvalue weighted by molar-refractivity contribution is 14.0. The lowest BCUT2D eigenvalue weighted by atomic mass is 10.1. The lowest BCUT2D eigenvalue weighted by molar-refractivity contribution is -0.123. The van der Waals surface area contributed by atoms with Crippen molar-refractivity contribution in [2.24, 2.45) is 12.0 Å². The lowest BCUT2D eigenvalue weighted by Gasteiger charge is -2.34. The molecule has 0 saturated carbocycles. The Morgan fingerprint density at radius 1 is 1.27 bits per heavy atom. The van der Waals surface area contributed by atoms with Crippen molar-refractivity contribution >= 4 is 41.8 Å². The zero-order valence-electron chi connectivity index (χ0n) is 18.9. The molecule has 0 aliphatic carbocycles. The highest BCUT2D eigenvalue weighted by Crippen LogP contribution is 2.21. The molecule has 178 valence electrons. The van der Waals surface area contributed by atoms with Crippen LogP contribution in [-0.4, -0.2) is 83.7 Å². The SMILES string of the molecule is CN=C(NCc1ccc(C(=O)N2CCNC(=O)C2)cc1)N1CCOC(c2cnn(C)c2)C1.I. The summed E-state index contributed by atoms with van der Waals surface area (Å²) >= 11 is 0. The van der Waals surface area contributed by atoms with E-state index in [0.717, 1.165) is 23.6 Å². The molecular weight excluding hydrogens is 537 g/mol. The molecule has 11 heteroatoms. The van der Waals surface area contributed by atoms with Gasteiger partial charge in [-0.3, -0.25) is 19.3 Å². The van der Waals surface area contributed by atoms with Crippen LogP contribution in [0.4, 0.5) is 0 Å². The van der Waals surface area contributed by atoms with E-state index in [2.05, 4.69) is 25.6 Å². The van der Waals surface area contributed by atoms with E-state index in [4.69, 9.17) is 4.74 Å². The number of aromatic nitrogens is 2. The van der Waals surface area contributed by atoms with Gasteiger partial charge in [-0.25, -0.2) is 0 Å². The van der Waals surface area contributed by atoms with E-state index in [-0.39, 0.29) is 48.4 Å². The molecule has 0 radical (unpaired) electrons. The second-order valence-electron chi connectivity index (χ2n) is 7.93. The van der Waals surface area contributed by atoms with Gasteiger partial charge in [-0.2, -0.15) is 5.10 Å². The number of hydrogen-bond acceptors (Lipinski definition) is 5. The van der Waals surface area contributed by atoms with Gasteiger partial charge in [0.15, 0.2) is 5.96 Å². The van der Waals surface area contributed by atoms with Gasteiger partial charge in [-0.05, 0) is 17.7 Å². The third kappa shape index (κ3) is 6.22. The highest BCUT2D eigenvalue weighted by Gasteiger charge is 2.25. The molecule has 2 saturated heterocycles. The first-order valence-electron chi connectivity index (χ1n) is 10.7. The number of hydrogen-bond donors (Lipinski definition) is 2. The van der Waals surface area contributed by atoms with Crippen LogP contribution in [0.25, 0.3) is 0 Å². The maximum absolute atomic E-state index is 12.6. The largest absolute Gasteiger partial charge is 0.370 e. The van der Waals surface area contributed by atoms with Gasteiger partial charge in [0.05, 0.1) is 25.9 Å². The number of aryl methyl sites for hydroxylation is 1. The molecule has 1 unspecified atom stereocenters.